The van der Waals surface area contributed by atoms with Crippen molar-refractivity contribution < 1.29 is 18.0 Å². The van der Waals surface area contributed by atoms with Crippen molar-refractivity contribution in [1.82, 2.24) is 14.9 Å². The number of aryl methyl sites for hydroxylation is 1. The molecule has 1 fully saturated rings. The second-order valence-corrected chi connectivity index (χ2v) is 12.9. The normalized spacial score (nSPS) is 16.1. The van der Waals surface area contributed by atoms with E-state index in [0.29, 0.717) is 52.2 Å². The van der Waals surface area contributed by atoms with Gasteiger partial charge in [0.1, 0.15) is 5.82 Å². The van der Waals surface area contributed by atoms with Gasteiger partial charge >= 0.3 is 6.18 Å². The number of rotatable bonds is 7. The van der Waals surface area contributed by atoms with Crippen LogP contribution in [-0.4, -0.2) is 34.7 Å². The number of carbonyl (C=O) groups excluding carboxylic acids is 1. The highest BCUT2D eigenvalue weighted by atomic mass is 35.5. The number of hydrogen-bond donors (Lipinski definition) is 1. The smallest absolute Gasteiger partial charge is 0.370 e. The summed E-state index contributed by atoms with van der Waals surface area (Å²) in [5.41, 5.74) is 3.82. The maximum atomic E-state index is 13.4. The predicted octanol–water partition coefficient (Wildman–Crippen LogP) is 8.50. The highest BCUT2D eigenvalue weighted by Gasteiger charge is 2.42. The maximum Gasteiger partial charge on any atom is 0.393 e. The topological polar surface area (TPSA) is 50.2 Å². The third kappa shape index (κ3) is 6.76. The van der Waals surface area contributed by atoms with Gasteiger partial charge in [0.05, 0.1) is 33.1 Å². The molecule has 1 amide bonds. The van der Waals surface area contributed by atoms with E-state index in [1.54, 1.807) is 29.2 Å². The molecule has 0 spiro atoms. The van der Waals surface area contributed by atoms with Gasteiger partial charge in [-0.3, -0.25) is 4.79 Å². The summed E-state index contributed by atoms with van der Waals surface area (Å²) in [5.74, 6) is -0.774. The van der Waals surface area contributed by atoms with Crippen molar-refractivity contribution in [2.24, 2.45) is 13.0 Å². The first kappa shape index (κ1) is 31.5. The molecule has 1 aromatic heterocycles. The van der Waals surface area contributed by atoms with Gasteiger partial charge in [-0.2, -0.15) is 13.2 Å². The van der Waals surface area contributed by atoms with Crippen LogP contribution in [0.25, 0.3) is 11.0 Å². The van der Waals surface area contributed by atoms with Crippen LogP contribution in [0.5, 0.6) is 0 Å². The predicted molar refractivity (Wildman–Crippen MR) is 167 cm³/mol. The summed E-state index contributed by atoms with van der Waals surface area (Å²) in [4.78, 5) is 19.6. The lowest BCUT2D eigenvalue weighted by atomic mass is 9.83. The molecule has 2 heterocycles. The third-order valence-electron chi connectivity index (χ3n) is 8.31. The van der Waals surface area contributed by atoms with Crippen LogP contribution in [0, 0.1) is 5.92 Å². The van der Waals surface area contributed by atoms with Crippen LogP contribution in [0.15, 0.2) is 54.6 Å². The fraction of sp³-hybridized carbons (Fsp3) is 0.375. The van der Waals surface area contributed by atoms with E-state index in [2.05, 4.69) is 5.32 Å². The summed E-state index contributed by atoms with van der Waals surface area (Å²) in [5, 5.41) is 4.57. The quantitative estimate of drug-likeness (QED) is 0.218. The molecule has 1 aliphatic heterocycles. The highest BCUT2D eigenvalue weighted by molar-refractivity contribution is 6.34. The van der Waals surface area contributed by atoms with Crippen LogP contribution >= 0.6 is 34.8 Å². The molecule has 1 aliphatic rings. The maximum absolute atomic E-state index is 13.4. The van der Waals surface area contributed by atoms with Crippen LogP contribution in [0.3, 0.4) is 0 Å². The second kappa shape index (κ2) is 12.2. The molecule has 1 saturated heterocycles. The summed E-state index contributed by atoms with van der Waals surface area (Å²) in [6.07, 6.45) is -3.25. The molecule has 0 saturated carbocycles. The van der Waals surface area contributed by atoms with Crippen molar-refractivity contribution in [3.63, 3.8) is 0 Å². The Morgan fingerprint density at radius 2 is 1.74 bits per heavy atom. The molecule has 0 bridgehead atoms. The molecule has 5 rings (SSSR count). The SMILES string of the molecule is Cn1c(Cc2cc(CNC(=O)C(C)(C)c3ccc(Cl)cc3)ccc2Cl)nc2cc(Cl)c(N3CCCC(C(F)(F)F)C3)cc21. The van der Waals surface area contributed by atoms with Crippen LogP contribution in [0.4, 0.5) is 18.9 Å². The summed E-state index contributed by atoms with van der Waals surface area (Å²) in [7, 11) is 1.87. The van der Waals surface area contributed by atoms with Gasteiger partial charge < -0.3 is 14.8 Å². The fourth-order valence-electron chi connectivity index (χ4n) is 5.56. The third-order valence-corrected chi connectivity index (χ3v) is 9.24. The van der Waals surface area contributed by atoms with Crippen molar-refractivity contribution in [3.05, 3.63) is 92.2 Å². The number of nitrogens with one attached hydrogen (secondary N) is 1. The molecule has 1 unspecified atom stereocenters. The van der Waals surface area contributed by atoms with E-state index in [1.807, 2.05) is 55.8 Å². The summed E-state index contributed by atoms with van der Waals surface area (Å²) >= 11 is 19.1. The first-order valence-electron chi connectivity index (χ1n) is 14.0. The molecule has 228 valence electrons. The van der Waals surface area contributed by atoms with Crippen LogP contribution < -0.4 is 10.2 Å². The van der Waals surface area contributed by atoms with E-state index in [4.69, 9.17) is 39.8 Å². The number of alkyl halides is 3. The van der Waals surface area contributed by atoms with Gasteiger partial charge in [0, 0.05) is 43.1 Å². The number of aromatic nitrogens is 2. The van der Waals surface area contributed by atoms with Crippen molar-refractivity contribution in [2.45, 2.75) is 51.2 Å². The monoisotopic (exact) mass is 650 g/mol. The number of nitrogens with zero attached hydrogens (tertiary/aromatic N) is 3. The number of benzene rings is 3. The Kier molecular flexibility index (Phi) is 8.94. The number of piperidine rings is 1. The Labute approximate surface area is 263 Å². The van der Waals surface area contributed by atoms with Crippen molar-refractivity contribution in [2.75, 3.05) is 18.0 Å². The molecule has 1 atom stereocenters. The summed E-state index contributed by atoms with van der Waals surface area (Å²) in [6.45, 7) is 4.44. The van der Waals surface area contributed by atoms with Gasteiger partial charge in [-0.15, -0.1) is 0 Å². The fourth-order valence-corrected chi connectivity index (χ4v) is 6.15. The van der Waals surface area contributed by atoms with E-state index in [9.17, 15) is 18.0 Å². The zero-order valence-electron chi connectivity index (χ0n) is 24.0. The molecule has 0 aliphatic carbocycles. The molecule has 5 nitrogen and oxygen atoms in total. The number of fused-ring (bicyclic) bond motifs is 1. The van der Waals surface area contributed by atoms with Gasteiger partial charge in [0.15, 0.2) is 0 Å². The Hall–Kier alpha value is -2.94. The Bertz CT molecular complexity index is 1650. The van der Waals surface area contributed by atoms with Gasteiger partial charge in [-0.1, -0.05) is 59.1 Å². The van der Waals surface area contributed by atoms with Gasteiger partial charge in [0.25, 0.3) is 0 Å². The first-order valence-corrected chi connectivity index (χ1v) is 15.2. The minimum absolute atomic E-state index is 0.116. The van der Waals surface area contributed by atoms with Gasteiger partial charge in [-0.25, -0.2) is 4.98 Å². The number of hydrogen-bond acceptors (Lipinski definition) is 3. The number of halogens is 6. The lowest BCUT2D eigenvalue weighted by Gasteiger charge is -2.35. The molecule has 1 N–H and O–H groups in total. The van der Waals surface area contributed by atoms with Gasteiger partial charge in [-0.05, 0) is 73.7 Å². The van der Waals surface area contributed by atoms with Crippen LogP contribution in [0.2, 0.25) is 15.1 Å². The Morgan fingerprint density at radius 3 is 2.44 bits per heavy atom. The molecular weight excluding hydrogens is 620 g/mol. The number of imidazole rings is 1. The van der Waals surface area contributed by atoms with E-state index in [0.717, 1.165) is 28.0 Å². The average Bonchev–Trinajstić information content (AvgIpc) is 3.26. The molecule has 43 heavy (non-hydrogen) atoms. The minimum atomic E-state index is -4.24. The zero-order valence-corrected chi connectivity index (χ0v) is 26.3. The standard InChI is InChI=1S/C32H32Cl3F3N4O/c1-31(2,21-7-9-23(33)10-8-21)30(43)39-17-19-6-11-24(34)20(13-19)14-29-40-26-15-25(35)27(16-28(26)41(29)3)42-12-4-5-22(18-42)32(36,37)38/h6-11,13,15-16,22H,4-5,12,14,17-18H2,1-3H3,(H,39,43). The molecule has 4 aromatic rings. The lowest BCUT2D eigenvalue weighted by molar-refractivity contribution is -0.176. The van der Waals surface area contributed by atoms with E-state index in [1.165, 1.54) is 0 Å². The Morgan fingerprint density at radius 1 is 1.02 bits per heavy atom. The van der Waals surface area contributed by atoms with Crippen LogP contribution in [-0.2, 0) is 30.2 Å². The molecule has 11 heteroatoms. The van der Waals surface area contributed by atoms with Gasteiger partial charge in [0.2, 0.25) is 5.91 Å². The number of carbonyl (C=O) groups is 1. The van der Waals surface area contributed by atoms with E-state index in [-0.39, 0.29) is 18.9 Å². The number of anilines is 1. The van der Waals surface area contributed by atoms with Crippen molar-refractivity contribution >= 4 is 57.4 Å². The molecule has 0 radical (unpaired) electrons. The molecule has 3 aromatic carbocycles. The van der Waals surface area contributed by atoms with Crippen molar-refractivity contribution in [3.8, 4) is 0 Å². The summed E-state index contributed by atoms with van der Waals surface area (Å²) in [6, 6.07) is 16.4. The highest BCUT2D eigenvalue weighted by Crippen LogP contribution is 2.38. The molecular formula is C32H32Cl3F3N4O. The van der Waals surface area contributed by atoms with E-state index >= 15 is 0 Å². The lowest BCUT2D eigenvalue weighted by Crippen LogP contribution is -2.41. The zero-order chi connectivity index (χ0) is 31.1. The average molecular weight is 652 g/mol. The minimum Gasteiger partial charge on any atom is -0.370 e. The Balaban J connectivity index is 1.33. The van der Waals surface area contributed by atoms with Crippen LogP contribution in [0.1, 0.15) is 49.2 Å². The second-order valence-electron chi connectivity index (χ2n) is 11.6. The first-order chi connectivity index (χ1) is 20.2. The number of amides is 1. The van der Waals surface area contributed by atoms with E-state index < -0.39 is 17.5 Å². The largest absolute Gasteiger partial charge is 0.393 e. The summed E-state index contributed by atoms with van der Waals surface area (Å²) < 4.78 is 42.2. The van der Waals surface area contributed by atoms with Crippen molar-refractivity contribution in [1.29, 1.82) is 0 Å².